The molecule has 96 valence electrons. The van der Waals surface area contributed by atoms with E-state index >= 15 is 0 Å². The van der Waals surface area contributed by atoms with Crippen LogP contribution in [-0.4, -0.2) is 38.5 Å². The van der Waals surface area contributed by atoms with Gasteiger partial charge < -0.3 is 10.2 Å². The fraction of sp³-hybridized carbons (Fsp3) is 0.417. The molecule has 0 unspecified atom stereocenters. The van der Waals surface area contributed by atoms with Gasteiger partial charge in [-0.1, -0.05) is 11.2 Å². The first-order chi connectivity index (χ1) is 8.74. The van der Waals surface area contributed by atoms with Crippen molar-refractivity contribution in [2.45, 2.75) is 0 Å². The molecule has 1 heterocycles. The summed E-state index contributed by atoms with van der Waals surface area (Å²) in [6.45, 7) is 2.46. The highest BCUT2D eigenvalue weighted by molar-refractivity contribution is 6.03. The van der Waals surface area contributed by atoms with Gasteiger partial charge >= 0.3 is 0 Å². The van der Waals surface area contributed by atoms with Gasteiger partial charge in [0.05, 0.1) is 11.3 Å². The van der Waals surface area contributed by atoms with E-state index in [1.54, 1.807) is 12.1 Å². The van der Waals surface area contributed by atoms with Crippen LogP contribution in [0.4, 0.5) is 10.1 Å². The zero-order valence-corrected chi connectivity index (χ0v) is 9.86. The number of piperazine rings is 1. The Bertz CT molecular complexity index is 459. The van der Waals surface area contributed by atoms with E-state index in [0.29, 0.717) is 18.8 Å². The van der Waals surface area contributed by atoms with Crippen LogP contribution in [0.1, 0.15) is 10.4 Å². The maximum Gasteiger partial charge on any atom is 0.192 e. The summed E-state index contributed by atoms with van der Waals surface area (Å²) in [6, 6.07) is 4.49. The number of hydrogen-bond acceptors (Lipinski definition) is 5. The number of ketones is 1. The Morgan fingerprint density at radius 1 is 1.39 bits per heavy atom. The fourth-order valence-corrected chi connectivity index (χ4v) is 2.10. The van der Waals surface area contributed by atoms with E-state index in [1.165, 1.54) is 6.07 Å². The minimum atomic E-state index is -0.598. The second-order valence-corrected chi connectivity index (χ2v) is 4.08. The van der Waals surface area contributed by atoms with Crippen LogP contribution in [0.5, 0.6) is 0 Å². The normalized spacial score (nSPS) is 15.5. The third kappa shape index (κ3) is 2.53. The summed E-state index contributed by atoms with van der Waals surface area (Å²) in [5.41, 5.74) is 0.518. The van der Waals surface area contributed by atoms with Crippen LogP contribution >= 0.6 is 0 Å². The van der Waals surface area contributed by atoms with E-state index < -0.39 is 18.1 Å². The van der Waals surface area contributed by atoms with Gasteiger partial charge in [-0.05, 0) is 12.1 Å². The highest BCUT2D eigenvalue weighted by Crippen LogP contribution is 2.24. The maximum absolute atomic E-state index is 13.8. The van der Waals surface area contributed by atoms with Gasteiger partial charge in [0.25, 0.3) is 0 Å². The topological polar surface area (TPSA) is 61.8 Å². The van der Waals surface area contributed by atoms with Crippen LogP contribution in [0, 0.1) is 10.7 Å². The molecule has 2 rings (SSSR count). The van der Waals surface area contributed by atoms with E-state index in [2.05, 4.69) is 10.5 Å². The molecule has 1 aliphatic heterocycles. The van der Waals surface area contributed by atoms with Crippen LogP contribution in [0.25, 0.3) is 0 Å². The molecule has 0 aromatic heterocycles. The number of halogens is 1. The van der Waals surface area contributed by atoms with E-state index in [1.807, 2.05) is 4.90 Å². The monoisotopic (exact) mass is 251 g/mol. The Kier molecular flexibility index (Phi) is 3.99. The second-order valence-electron chi connectivity index (χ2n) is 4.08. The Morgan fingerprint density at radius 3 is 2.78 bits per heavy atom. The summed E-state index contributed by atoms with van der Waals surface area (Å²) in [7, 11) is 0. The van der Waals surface area contributed by atoms with Crippen molar-refractivity contribution < 1.29 is 9.18 Å². The Balaban J connectivity index is 2.36. The lowest BCUT2D eigenvalue weighted by atomic mass is 10.1. The molecule has 0 radical (unpaired) electrons. The molecule has 1 aromatic carbocycles. The average Bonchev–Trinajstić information content (AvgIpc) is 2.39. The van der Waals surface area contributed by atoms with Crippen molar-refractivity contribution in [3.05, 3.63) is 34.5 Å². The van der Waals surface area contributed by atoms with Crippen molar-refractivity contribution >= 4 is 11.5 Å². The van der Waals surface area contributed by atoms with Crippen LogP contribution in [-0.2, 0) is 0 Å². The molecule has 1 fully saturated rings. The summed E-state index contributed by atoms with van der Waals surface area (Å²) in [4.78, 5) is 23.9. The number of carbonyl (C=O) groups excluding carboxylic acids is 1. The molecule has 5 nitrogen and oxygen atoms in total. The van der Waals surface area contributed by atoms with E-state index in [0.717, 1.165) is 13.1 Å². The predicted octanol–water partition coefficient (Wildman–Crippen LogP) is 1.18. The summed E-state index contributed by atoms with van der Waals surface area (Å²) in [5.74, 6) is -1.17. The van der Waals surface area contributed by atoms with Crippen molar-refractivity contribution in [2.24, 2.45) is 5.18 Å². The predicted molar refractivity (Wildman–Crippen MR) is 66.5 cm³/mol. The van der Waals surface area contributed by atoms with Gasteiger partial charge in [-0.3, -0.25) is 4.79 Å². The molecule has 6 heteroatoms. The van der Waals surface area contributed by atoms with E-state index in [4.69, 9.17) is 0 Å². The molecule has 1 N–H and O–H groups in total. The lowest BCUT2D eigenvalue weighted by molar-refractivity contribution is 0.0998. The second kappa shape index (κ2) is 5.68. The lowest BCUT2D eigenvalue weighted by Crippen LogP contribution is -2.44. The van der Waals surface area contributed by atoms with Crippen molar-refractivity contribution in [1.29, 1.82) is 0 Å². The Hall–Kier alpha value is -1.82. The molecule has 0 spiro atoms. The van der Waals surface area contributed by atoms with Crippen molar-refractivity contribution in [3.8, 4) is 0 Å². The molecular formula is C12H14FN3O2. The SMILES string of the molecule is O=NCC(=O)c1c(F)cccc1N1CCNCC1. The summed E-state index contributed by atoms with van der Waals surface area (Å²) in [5, 5.41) is 5.73. The minimum Gasteiger partial charge on any atom is -0.368 e. The number of hydrogen-bond donors (Lipinski definition) is 1. The molecule has 1 aromatic rings. The summed E-state index contributed by atoms with van der Waals surface area (Å²) in [6.07, 6.45) is 0. The zero-order valence-electron chi connectivity index (χ0n) is 9.86. The standard InChI is InChI=1S/C12H14FN3O2/c13-9-2-1-3-10(12(9)11(17)8-15-18)16-6-4-14-5-7-16/h1-3,14H,4-8H2. The Morgan fingerprint density at radius 2 is 2.11 bits per heavy atom. The van der Waals surface area contributed by atoms with Crippen LogP contribution in [0.15, 0.2) is 23.4 Å². The van der Waals surface area contributed by atoms with Crippen molar-refractivity contribution in [3.63, 3.8) is 0 Å². The third-order valence-corrected chi connectivity index (χ3v) is 2.94. The molecule has 0 amide bonds. The van der Waals surface area contributed by atoms with Crippen LogP contribution in [0.2, 0.25) is 0 Å². The first kappa shape index (κ1) is 12.6. The van der Waals surface area contributed by atoms with Gasteiger partial charge in [-0.25, -0.2) is 4.39 Å². The zero-order chi connectivity index (χ0) is 13.0. The fourth-order valence-electron chi connectivity index (χ4n) is 2.10. The summed E-state index contributed by atoms with van der Waals surface area (Å²) >= 11 is 0. The molecule has 0 aliphatic carbocycles. The summed E-state index contributed by atoms with van der Waals surface area (Å²) < 4.78 is 13.8. The highest BCUT2D eigenvalue weighted by atomic mass is 19.1. The highest BCUT2D eigenvalue weighted by Gasteiger charge is 2.21. The molecule has 1 aliphatic rings. The van der Waals surface area contributed by atoms with Crippen LogP contribution < -0.4 is 10.2 Å². The van der Waals surface area contributed by atoms with Gasteiger partial charge in [0.1, 0.15) is 12.4 Å². The largest absolute Gasteiger partial charge is 0.368 e. The van der Waals surface area contributed by atoms with Crippen molar-refractivity contribution in [2.75, 3.05) is 37.6 Å². The molecule has 0 saturated carbocycles. The number of carbonyl (C=O) groups is 1. The number of rotatable bonds is 4. The number of Topliss-reactive ketones (excluding diaryl/α,β-unsaturated/α-hetero) is 1. The first-order valence-electron chi connectivity index (χ1n) is 5.80. The third-order valence-electron chi connectivity index (χ3n) is 2.94. The lowest BCUT2D eigenvalue weighted by Gasteiger charge is -2.30. The van der Waals surface area contributed by atoms with Gasteiger partial charge in [0.15, 0.2) is 5.78 Å². The smallest absolute Gasteiger partial charge is 0.192 e. The number of nitrogens with zero attached hydrogens (tertiary/aromatic N) is 2. The molecule has 0 bridgehead atoms. The van der Waals surface area contributed by atoms with Crippen LogP contribution in [0.3, 0.4) is 0 Å². The number of nitroso groups, excluding NO2 is 1. The molecule has 1 saturated heterocycles. The molecule has 18 heavy (non-hydrogen) atoms. The molecular weight excluding hydrogens is 237 g/mol. The van der Waals surface area contributed by atoms with Gasteiger partial charge in [0.2, 0.25) is 0 Å². The van der Waals surface area contributed by atoms with Crippen molar-refractivity contribution in [1.82, 2.24) is 5.32 Å². The Labute approximate surface area is 104 Å². The number of anilines is 1. The van der Waals surface area contributed by atoms with Gasteiger partial charge in [0, 0.05) is 26.2 Å². The van der Waals surface area contributed by atoms with Gasteiger partial charge in [-0.2, -0.15) is 4.91 Å². The maximum atomic E-state index is 13.8. The van der Waals surface area contributed by atoms with E-state index in [9.17, 15) is 14.1 Å². The average molecular weight is 251 g/mol. The minimum absolute atomic E-state index is 0.0287. The van der Waals surface area contributed by atoms with Gasteiger partial charge in [-0.15, -0.1) is 0 Å². The molecule has 0 atom stereocenters. The quantitative estimate of drug-likeness (QED) is 0.645. The first-order valence-corrected chi connectivity index (χ1v) is 5.80. The van der Waals surface area contributed by atoms with E-state index in [-0.39, 0.29) is 5.56 Å². The number of nitrogens with one attached hydrogen (secondary N) is 1. The number of benzene rings is 1.